The van der Waals surface area contributed by atoms with Crippen molar-refractivity contribution in [3.05, 3.63) is 95.6 Å². The number of nitrogens with zero attached hydrogens (tertiary/aromatic N) is 1. The number of benzene rings is 3. The number of carbonyl (C=O) groups excluding carboxylic acids is 2. The summed E-state index contributed by atoms with van der Waals surface area (Å²) in [7, 11) is 1.57. The van der Waals surface area contributed by atoms with Gasteiger partial charge < -0.3 is 19.7 Å². The number of hydrogen-bond donors (Lipinski definition) is 1. The van der Waals surface area contributed by atoms with Gasteiger partial charge in [0.25, 0.3) is 5.91 Å². The number of nitrogens with one attached hydrogen (secondary N) is 1. The molecule has 1 amide bonds. The van der Waals surface area contributed by atoms with Crippen LogP contribution in [0.2, 0.25) is 0 Å². The number of piperidine rings is 1. The number of rotatable bonds is 13. The van der Waals surface area contributed by atoms with Crippen molar-refractivity contribution in [2.24, 2.45) is 0 Å². The number of carbonyl (C=O) groups is 2. The average molecular weight is 611 g/mol. The minimum Gasteiger partial charge on any atom is -0.463 e. The van der Waals surface area contributed by atoms with Crippen LogP contribution in [0.15, 0.2) is 78.9 Å². The van der Waals surface area contributed by atoms with E-state index < -0.39 is 11.7 Å². The number of likely N-dealkylation sites (tertiary alicyclic amines) is 1. The fraction of sp³-hybridized carbons (Fsp3) is 0.429. The van der Waals surface area contributed by atoms with Crippen molar-refractivity contribution >= 4 is 11.9 Å². The van der Waals surface area contributed by atoms with Gasteiger partial charge in [-0.2, -0.15) is 13.2 Å². The zero-order valence-electron chi connectivity index (χ0n) is 25.4. The van der Waals surface area contributed by atoms with Crippen LogP contribution in [0.5, 0.6) is 0 Å². The monoisotopic (exact) mass is 610 g/mol. The van der Waals surface area contributed by atoms with E-state index in [0.29, 0.717) is 29.7 Å². The van der Waals surface area contributed by atoms with E-state index in [0.717, 1.165) is 63.0 Å². The molecule has 4 rings (SSSR count). The molecular weight excluding hydrogens is 569 g/mol. The van der Waals surface area contributed by atoms with E-state index in [1.165, 1.54) is 12.1 Å². The molecule has 0 saturated carbocycles. The summed E-state index contributed by atoms with van der Waals surface area (Å²) in [6.45, 7) is 5.30. The van der Waals surface area contributed by atoms with Gasteiger partial charge in [0.1, 0.15) is 6.61 Å². The molecule has 1 fully saturated rings. The van der Waals surface area contributed by atoms with Crippen LogP contribution in [-0.4, -0.2) is 62.8 Å². The first-order valence-electron chi connectivity index (χ1n) is 15.1. The molecule has 236 valence electrons. The second-order valence-corrected chi connectivity index (χ2v) is 11.6. The van der Waals surface area contributed by atoms with Crippen LogP contribution >= 0.6 is 0 Å². The minimum atomic E-state index is -4.41. The van der Waals surface area contributed by atoms with Crippen LogP contribution in [0.4, 0.5) is 13.2 Å². The van der Waals surface area contributed by atoms with Gasteiger partial charge in [0.05, 0.1) is 18.6 Å². The van der Waals surface area contributed by atoms with Gasteiger partial charge in [-0.05, 0) is 67.1 Å². The van der Waals surface area contributed by atoms with Crippen LogP contribution in [0, 0.1) is 0 Å². The Labute approximate surface area is 257 Å². The van der Waals surface area contributed by atoms with Crippen molar-refractivity contribution in [3.8, 4) is 11.1 Å². The molecule has 0 radical (unpaired) electrons. The number of methoxy groups -OCH3 is 1. The van der Waals surface area contributed by atoms with E-state index in [1.54, 1.807) is 31.4 Å². The molecule has 0 spiro atoms. The highest BCUT2D eigenvalue weighted by molar-refractivity contribution is 6.01. The summed E-state index contributed by atoms with van der Waals surface area (Å²) in [5, 5.41) is 3.14. The molecule has 1 atom stereocenters. The third-order valence-electron chi connectivity index (χ3n) is 8.38. The molecule has 3 aromatic rings. The van der Waals surface area contributed by atoms with E-state index in [9.17, 15) is 22.8 Å². The topological polar surface area (TPSA) is 67.9 Å². The number of alkyl halides is 3. The Morgan fingerprint density at radius 2 is 1.55 bits per heavy atom. The summed E-state index contributed by atoms with van der Waals surface area (Å²) in [5.74, 6) is -0.459. The Morgan fingerprint density at radius 1 is 0.886 bits per heavy atom. The molecule has 9 heteroatoms. The first kappa shape index (κ1) is 33.2. The van der Waals surface area contributed by atoms with Gasteiger partial charge in [0, 0.05) is 37.2 Å². The summed E-state index contributed by atoms with van der Waals surface area (Å²) in [6.07, 6.45) is -0.777. The normalized spacial score (nSPS) is 15.8. The molecule has 0 aromatic heterocycles. The molecule has 0 bridgehead atoms. The maximum absolute atomic E-state index is 13.3. The van der Waals surface area contributed by atoms with E-state index in [1.807, 2.05) is 18.2 Å². The SMILES string of the molecule is COCCOC(=O)CC(C)(CCCN1CCC(NC(=O)c2ccccc2-c2ccc(C(F)(F)F)cc2)CC1)c1ccccc1. The van der Waals surface area contributed by atoms with Gasteiger partial charge in [0.2, 0.25) is 0 Å². The second kappa shape index (κ2) is 15.3. The molecule has 3 aromatic carbocycles. The van der Waals surface area contributed by atoms with Crippen LogP contribution in [0.3, 0.4) is 0 Å². The van der Waals surface area contributed by atoms with Crippen LogP contribution in [0.25, 0.3) is 11.1 Å². The van der Waals surface area contributed by atoms with Gasteiger partial charge in [-0.25, -0.2) is 0 Å². The minimum absolute atomic E-state index is 0.0101. The van der Waals surface area contributed by atoms with Crippen LogP contribution in [-0.2, 0) is 25.9 Å². The first-order chi connectivity index (χ1) is 21.1. The summed E-state index contributed by atoms with van der Waals surface area (Å²) < 4.78 is 49.4. The predicted molar refractivity (Wildman–Crippen MR) is 164 cm³/mol. The Morgan fingerprint density at radius 3 is 2.20 bits per heavy atom. The Balaban J connectivity index is 1.29. The fourth-order valence-corrected chi connectivity index (χ4v) is 5.81. The van der Waals surface area contributed by atoms with Crippen molar-refractivity contribution in [1.29, 1.82) is 0 Å². The lowest BCUT2D eigenvalue weighted by atomic mass is 9.76. The molecule has 1 aliphatic rings. The maximum Gasteiger partial charge on any atom is 0.416 e. The molecule has 6 nitrogen and oxygen atoms in total. The maximum atomic E-state index is 13.3. The zero-order chi connectivity index (χ0) is 31.6. The van der Waals surface area contributed by atoms with Crippen LogP contribution < -0.4 is 5.32 Å². The largest absolute Gasteiger partial charge is 0.463 e. The standard InChI is InChI=1S/C35H41F3N2O4/c1-34(27-9-4-3-5-10-27,25-32(41)44-24-23-43-2)19-8-20-40-21-17-29(18-22-40)39-33(42)31-12-7-6-11-30(31)26-13-15-28(16-14-26)35(36,37)38/h3-7,9-16,29H,8,17-25H2,1-2H3,(H,39,42). The Bertz CT molecular complexity index is 1360. The molecule has 1 aliphatic heterocycles. The smallest absolute Gasteiger partial charge is 0.416 e. The lowest BCUT2D eigenvalue weighted by molar-refractivity contribution is -0.146. The van der Waals surface area contributed by atoms with E-state index in [-0.39, 0.29) is 29.9 Å². The summed E-state index contributed by atoms with van der Waals surface area (Å²) in [4.78, 5) is 28.2. The predicted octanol–water partition coefficient (Wildman–Crippen LogP) is 6.88. The second-order valence-electron chi connectivity index (χ2n) is 11.6. The molecule has 0 aliphatic carbocycles. The lowest BCUT2D eigenvalue weighted by Crippen LogP contribution is -2.45. The summed E-state index contributed by atoms with van der Waals surface area (Å²) in [5.41, 5.74) is 1.64. The zero-order valence-corrected chi connectivity index (χ0v) is 25.4. The quantitative estimate of drug-likeness (QED) is 0.169. The third-order valence-corrected chi connectivity index (χ3v) is 8.38. The highest BCUT2D eigenvalue weighted by Gasteiger charge is 2.32. The van der Waals surface area contributed by atoms with Crippen molar-refractivity contribution in [1.82, 2.24) is 10.2 Å². The van der Waals surface area contributed by atoms with E-state index in [4.69, 9.17) is 9.47 Å². The fourth-order valence-electron chi connectivity index (χ4n) is 5.81. The molecule has 1 heterocycles. The number of amides is 1. The van der Waals surface area contributed by atoms with Crippen LogP contribution in [0.1, 0.15) is 60.5 Å². The number of halogens is 3. The summed E-state index contributed by atoms with van der Waals surface area (Å²) in [6, 6.07) is 22.0. The number of esters is 1. The Hall–Kier alpha value is -3.69. The van der Waals surface area contributed by atoms with E-state index in [2.05, 4.69) is 29.3 Å². The van der Waals surface area contributed by atoms with Crippen molar-refractivity contribution in [3.63, 3.8) is 0 Å². The number of ether oxygens (including phenoxy) is 2. The summed E-state index contributed by atoms with van der Waals surface area (Å²) >= 11 is 0. The number of hydrogen-bond acceptors (Lipinski definition) is 5. The highest BCUT2D eigenvalue weighted by Crippen LogP contribution is 2.34. The van der Waals surface area contributed by atoms with Crippen molar-refractivity contribution in [2.45, 2.75) is 56.7 Å². The van der Waals surface area contributed by atoms with Gasteiger partial charge in [-0.1, -0.05) is 67.6 Å². The van der Waals surface area contributed by atoms with Crippen molar-refractivity contribution < 1.29 is 32.2 Å². The molecule has 44 heavy (non-hydrogen) atoms. The molecule has 1 saturated heterocycles. The van der Waals surface area contributed by atoms with Gasteiger partial charge in [-0.15, -0.1) is 0 Å². The van der Waals surface area contributed by atoms with Gasteiger partial charge >= 0.3 is 12.1 Å². The van der Waals surface area contributed by atoms with E-state index >= 15 is 0 Å². The Kier molecular flexibility index (Phi) is 11.6. The third kappa shape index (κ3) is 9.16. The first-order valence-corrected chi connectivity index (χ1v) is 15.1. The lowest BCUT2D eigenvalue weighted by Gasteiger charge is -2.34. The molecule has 1 N–H and O–H groups in total. The van der Waals surface area contributed by atoms with Gasteiger partial charge in [0.15, 0.2) is 0 Å². The average Bonchev–Trinajstić information content (AvgIpc) is 3.02. The highest BCUT2D eigenvalue weighted by atomic mass is 19.4. The molecular formula is C35H41F3N2O4. The van der Waals surface area contributed by atoms with Crippen molar-refractivity contribution in [2.75, 3.05) is 40.0 Å². The molecule has 1 unspecified atom stereocenters. The van der Waals surface area contributed by atoms with Gasteiger partial charge in [-0.3, -0.25) is 9.59 Å².